The molecule has 0 bridgehead atoms. The van der Waals surface area contributed by atoms with Gasteiger partial charge in [0.2, 0.25) is 0 Å². The van der Waals surface area contributed by atoms with Crippen LogP contribution in [-0.2, 0) is 6.42 Å². The number of thiazole rings is 1. The monoisotopic (exact) mass is 365 g/mol. The van der Waals surface area contributed by atoms with Crippen molar-refractivity contribution in [2.24, 2.45) is 10.9 Å². The molecule has 0 amide bonds. The van der Waals surface area contributed by atoms with Crippen molar-refractivity contribution < 1.29 is 0 Å². The minimum absolute atomic E-state index is 0.877. The molecule has 0 radical (unpaired) electrons. The maximum atomic E-state index is 4.72. The number of nitrogens with zero attached hydrogens (tertiary/aromatic N) is 3. The highest BCUT2D eigenvalue weighted by atomic mass is 32.1. The largest absolute Gasteiger partial charge is 0.357 e. The predicted octanol–water partition coefficient (Wildman–Crippen LogP) is 2.98. The standard InChI is InChI=1S/C19H35N5S/c1-5-20-19(22-11-7-18-23-16(3)17(4)25-18)21-10-6-12-24-13-8-15(2)9-14-24/h15H,5-14H2,1-4H3,(H2,20,21,22). The summed E-state index contributed by atoms with van der Waals surface area (Å²) < 4.78 is 0. The molecule has 0 saturated carbocycles. The lowest BCUT2D eigenvalue weighted by Gasteiger charge is -2.29. The molecule has 0 spiro atoms. The molecule has 1 aliphatic rings. The van der Waals surface area contributed by atoms with Gasteiger partial charge in [0.25, 0.3) is 0 Å². The van der Waals surface area contributed by atoms with E-state index in [9.17, 15) is 0 Å². The van der Waals surface area contributed by atoms with Crippen molar-refractivity contribution in [2.45, 2.75) is 53.4 Å². The first-order chi connectivity index (χ1) is 12.1. The number of guanidine groups is 1. The summed E-state index contributed by atoms with van der Waals surface area (Å²) in [4.78, 5) is 13.2. The Morgan fingerprint density at radius 3 is 2.68 bits per heavy atom. The molecule has 142 valence electrons. The van der Waals surface area contributed by atoms with Crippen molar-refractivity contribution in [3.63, 3.8) is 0 Å². The SMILES string of the molecule is CCNC(=NCCCN1CCC(C)CC1)NCCc1nc(C)c(C)s1. The van der Waals surface area contributed by atoms with E-state index in [2.05, 4.69) is 48.2 Å². The number of nitrogens with one attached hydrogen (secondary N) is 2. The number of aryl methyl sites for hydroxylation is 2. The molecule has 1 aliphatic heterocycles. The van der Waals surface area contributed by atoms with Gasteiger partial charge in [-0.15, -0.1) is 11.3 Å². The third-order valence-electron chi connectivity index (χ3n) is 4.83. The van der Waals surface area contributed by atoms with Crippen molar-refractivity contribution in [3.05, 3.63) is 15.6 Å². The van der Waals surface area contributed by atoms with Crippen LogP contribution in [0.1, 0.15) is 48.7 Å². The minimum Gasteiger partial charge on any atom is -0.357 e. The van der Waals surface area contributed by atoms with E-state index in [0.717, 1.165) is 50.0 Å². The molecule has 0 aromatic carbocycles. The number of likely N-dealkylation sites (tertiary alicyclic amines) is 1. The van der Waals surface area contributed by atoms with Gasteiger partial charge in [-0.3, -0.25) is 4.99 Å². The zero-order chi connectivity index (χ0) is 18.1. The Bertz CT molecular complexity index is 512. The quantitative estimate of drug-likeness (QED) is 0.422. The van der Waals surface area contributed by atoms with Crippen LogP contribution in [-0.4, -0.2) is 55.1 Å². The van der Waals surface area contributed by atoms with E-state index in [1.165, 1.54) is 42.4 Å². The van der Waals surface area contributed by atoms with Crippen LogP contribution in [0, 0.1) is 19.8 Å². The molecule has 0 atom stereocenters. The molecular formula is C19H35N5S. The van der Waals surface area contributed by atoms with E-state index < -0.39 is 0 Å². The van der Waals surface area contributed by atoms with Gasteiger partial charge < -0.3 is 15.5 Å². The van der Waals surface area contributed by atoms with E-state index >= 15 is 0 Å². The number of aromatic nitrogens is 1. The smallest absolute Gasteiger partial charge is 0.191 e. The van der Waals surface area contributed by atoms with Gasteiger partial charge >= 0.3 is 0 Å². The van der Waals surface area contributed by atoms with E-state index in [4.69, 9.17) is 4.99 Å². The highest BCUT2D eigenvalue weighted by molar-refractivity contribution is 7.11. The minimum atomic E-state index is 0.877. The Morgan fingerprint density at radius 1 is 1.28 bits per heavy atom. The molecule has 25 heavy (non-hydrogen) atoms. The normalized spacial score (nSPS) is 17.0. The lowest BCUT2D eigenvalue weighted by atomic mass is 9.99. The fourth-order valence-electron chi connectivity index (χ4n) is 3.05. The first kappa shape index (κ1) is 20.2. The Morgan fingerprint density at radius 2 is 2.04 bits per heavy atom. The van der Waals surface area contributed by atoms with Crippen LogP contribution in [0.5, 0.6) is 0 Å². The number of piperidine rings is 1. The highest BCUT2D eigenvalue weighted by Gasteiger charge is 2.14. The molecule has 5 nitrogen and oxygen atoms in total. The fraction of sp³-hybridized carbons (Fsp3) is 0.789. The number of rotatable bonds is 8. The summed E-state index contributed by atoms with van der Waals surface area (Å²) in [5, 5.41) is 7.98. The molecule has 6 heteroatoms. The summed E-state index contributed by atoms with van der Waals surface area (Å²) in [6.07, 6.45) is 4.79. The second kappa shape index (κ2) is 10.8. The Labute approximate surface area is 157 Å². The molecule has 0 unspecified atom stereocenters. The first-order valence-corrected chi connectivity index (χ1v) is 10.6. The predicted molar refractivity (Wildman–Crippen MR) is 109 cm³/mol. The van der Waals surface area contributed by atoms with Crippen LogP contribution in [0.3, 0.4) is 0 Å². The third kappa shape index (κ3) is 7.32. The second-order valence-corrected chi connectivity index (χ2v) is 8.35. The summed E-state index contributed by atoms with van der Waals surface area (Å²) in [6, 6.07) is 0. The molecule has 1 aromatic heterocycles. The number of aliphatic imine (C=N–C) groups is 1. The van der Waals surface area contributed by atoms with Crippen molar-refractivity contribution in [3.8, 4) is 0 Å². The van der Waals surface area contributed by atoms with Gasteiger partial charge in [-0.05, 0) is 65.6 Å². The number of hydrogen-bond acceptors (Lipinski definition) is 4. The Hall–Kier alpha value is -1.14. The lowest BCUT2D eigenvalue weighted by molar-refractivity contribution is 0.192. The van der Waals surface area contributed by atoms with Gasteiger partial charge in [-0.2, -0.15) is 0 Å². The summed E-state index contributed by atoms with van der Waals surface area (Å²) in [6.45, 7) is 15.0. The second-order valence-electron chi connectivity index (χ2n) is 7.06. The molecule has 0 aliphatic carbocycles. The average molecular weight is 366 g/mol. The van der Waals surface area contributed by atoms with E-state index in [0.29, 0.717) is 0 Å². The summed E-state index contributed by atoms with van der Waals surface area (Å²) in [5.41, 5.74) is 1.16. The molecule has 1 aromatic rings. The topological polar surface area (TPSA) is 52.6 Å². The van der Waals surface area contributed by atoms with Crippen molar-refractivity contribution in [1.82, 2.24) is 20.5 Å². The lowest BCUT2D eigenvalue weighted by Crippen LogP contribution is -2.38. The maximum absolute atomic E-state index is 4.72. The Kier molecular flexibility index (Phi) is 8.68. The van der Waals surface area contributed by atoms with E-state index in [-0.39, 0.29) is 0 Å². The van der Waals surface area contributed by atoms with Crippen molar-refractivity contribution in [1.29, 1.82) is 0 Å². The van der Waals surface area contributed by atoms with Gasteiger partial charge in [-0.1, -0.05) is 6.92 Å². The molecule has 1 saturated heterocycles. The van der Waals surface area contributed by atoms with Crippen LogP contribution in [0.15, 0.2) is 4.99 Å². The highest BCUT2D eigenvalue weighted by Crippen LogP contribution is 2.16. The number of hydrogen-bond donors (Lipinski definition) is 2. The first-order valence-electron chi connectivity index (χ1n) is 9.76. The van der Waals surface area contributed by atoms with Gasteiger partial charge in [0.1, 0.15) is 0 Å². The van der Waals surface area contributed by atoms with Crippen LogP contribution in [0.2, 0.25) is 0 Å². The molecule has 2 N–H and O–H groups in total. The zero-order valence-corrected chi connectivity index (χ0v) is 17.2. The molecular weight excluding hydrogens is 330 g/mol. The maximum Gasteiger partial charge on any atom is 0.191 e. The zero-order valence-electron chi connectivity index (χ0n) is 16.4. The molecule has 2 heterocycles. The van der Waals surface area contributed by atoms with Crippen LogP contribution >= 0.6 is 11.3 Å². The molecule has 2 rings (SSSR count). The van der Waals surface area contributed by atoms with Crippen molar-refractivity contribution in [2.75, 3.05) is 39.3 Å². The molecule has 1 fully saturated rings. The van der Waals surface area contributed by atoms with E-state index in [1.807, 2.05) is 0 Å². The van der Waals surface area contributed by atoms with Gasteiger partial charge in [0.05, 0.1) is 10.7 Å². The average Bonchev–Trinajstić information content (AvgIpc) is 2.91. The Balaban J connectivity index is 1.66. The van der Waals surface area contributed by atoms with Gasteiger partial charge in [0, 0.05) is 30.9 Å². The van der Waals surface area contributed by atoms with Crippen LogP contribution in [0.25, 0.3) is 0 Å². The summed E-state index contributed by atoms with van der Waals surface area (Å²) >= 11 is 1.80. The van der Waals surface area contributed by atoms with Crippen LogP contribution in [0.4, 0.5) is 0 Å². The van der Waals surface area contributed by atoms with Crippen LogP contribution < -0.4 is 10.6 Å². The summed E-state index contributed by atoms with van der Waals surface area (Å²) in [7, 11) is 0. The third-order valence-corrected chi connectivity index (χ3v) is 5.96. The van der Waals surface area contributed by atoms with Gasteiger partial charge in [0.15, 0.2) is 5.96 Å². The summed E-state index contributed by atoms with van der Waals surface area (Å²) in [5.74, 6) is 1.84. The van der Waals surface area contributed by atoms with Gasteiger partial charge in [-0.25, -0.2) is 4.98 Å². The van der Waals surface area contributed by atoms with E-state index in [1.54, 1.807) is 11.3 Å². The van der Waals surface area contributed by atoms with Crippen molar-refractivity contribution >= 4 is 17.3 Å². The fourth-order valence-corrected chi connectivity index (χ4v) is 3.98.